The van der Waals surface area contributed by atoms with Gasteiger partial charge in [0, 0.05) is 18.9 Å². The number of nitrogens with zero attached hydrogens (tertiary/aromatic N) is 4. The number of unbranched alkanes of at least 4 members (excludes halogenated alkanes) is 2. The smallest absolute Gasteiger partial charge is 0.282 e. The van der Waals surface area contributed by atoms with Gasteiger partial charge < -0.3 is 20.4 Å². The number of hydrogen-bond donors (Lipinski definition) is 3. The number of rotatable bonds is 11. The van der Waals surface area contributed by atoms with E-state index in [9.17, 15) is 9.59 Å². The minimum absolute atomic E-state index is 0.0279. The monoisotopic (exact) mass is 507 g/mol. The maximum Gasteiger partial charge on any atom is 0.282 e. The molecule has 188 valence electrons. The molecule has 3 aromatic heterocycles. The Balaban J connectivity index is 1.55. The largest absolute Gasteiger partial charge is 0.480 e. The molecule has 0 spiro atoms. The number of aromatic amines is 1. The lowest BCUT2D eigenvalue weighted by Crippen LogP contribution is -2.29. The standard InChI is InChI=1S/C25H29N7O3S/c1-15-31-32-25(36-15)23(34)29-19(11-5-4-6-12-21(33)26-2)22-27-14-20(28-22)17-13-16-9-7-8-10-18(16)30-24(17)35-3/h7-10,13-14,19H,4-6,11-12H2,1-3H3,(H,26,33)(H,27,28)(H,29,34)/t19-/m0/s1. The van der Waals surface area contributed by atoms with Gasteiger partial charge in [-0.1, -0.05) is 42.4 Å². The minimum atomic E-state index is -0.366. The van der Waals surface area contributed by atoms with Gasteiger partial charge in [0.25, 0.3) is 5.91 Å². The van der Waals surface area contributed by atoms with Gasteiger partial charge in [0.15, 0.2) is 0 Å². The van der Waals surface area contributed by atoms with E-state index in [1.54, 1.807) is 20.4 Å². The number of aryl methyl sites for hydroxylation is 1. The summed E-state index contributed by atoms with van der Waals surface area (Å²) < 4.78 is 5.55. The number of carbonyl (C=O) groups is 2. The molecule has 10 nitrogen and oxygen atoms in total. The molecule has 11 heteroatoms. The van der Waals surface area contributed by atoms with Crippen LogP contribution >= 0.6 is 11.3 Å². The molecule has 3 N–H and O–H groups in total. The number of H-pyrrole nitrogens is 1. The Kier molecular flexibility index (Phi) is 8.21. The van der Waals surface area contributed by atoms with Gasteiger partial charge in [-0.3, -0.25) is 9.59 Å². The average molecular weight is 508 g/mol. The van der Waals surface area contributed by atoms with Crippen LogP contribution in [0.15, 0.2) is 36.5 Å². The Bertz CT molecular complexity index is 1350. The van der Waals surface area contributed by atoms with E-state index in [2.05, 4.69) is 35.8 Å². The van der Waals surface area contributed by atoms with E-state index in [-0.39, 0.29) is 17.9 Å². The molecular formula is C25H29N7O3S. The molecule has 4 rings (SSSR count). The summed E-state index contributed by atoms with van der Waals surface area (Å²) in [6, 6.07) is 9.47. The summed E-state index contributed by atoms with van der Waals surface area (Å²) in [4.78, 5) is 36.9. The lowest BCUT2D eigenvalue weighted by molar-refractivity contribution is -0.120. The van der Waals surface area contributed by atoms with Gasteiger partial charge in [-0.15, -0.1) is 10.2 Å². The van der Waals surface area contributed by atoms with Crippen LogP contribution in [-0.4, -0.2) is 51.1 Å². The highest BCUT2D eigenvalue weighted by Gasteiger charge is 2.22. The third-order valence-electron chi connectivity index (χ3n) is 5.80. The van der Waals surface area contributed by atoms with Crippen LogP contribution in [0.25, 0.3) is 22.2 Å². The maximum absolute atomic E-state index is 12.9. The van der Waals surface area contributed by atoms with Crippen LogP contribution in [0.1, 0.15) is 58.8 Å². The second kappa shape index (κ2) is 11.7. The molecule has 1 aromatic carbocycles. The fraction of sp³-hybridized carbons (Fsp3) is 0.360. The predicted molar refractivity (Wildman–Crippen MR) is 138 cm³/mol. The molecule has 0 aliphatic carbocycles. The number of aromatic nitrogens is 5. The molecule has 0 aliphatic rings. The number of para-hydroxylation sites is 1. The van der Waals surface area contributed by atoms with E-state index in [1.165, 1.54) is 11.3 Å². The minimum Gasteiger partial charge on any atom is -0.480 e. The molecule has 0 saturated heterocycles. The van der Waals surface area contributed by atoms with E-state index >= 15 is 0 Å². The van der Waals surface area contributed by atoms with E-state index in [0.717, 1.165) is 46.4 Å². The zero-order chi connectivity index (χ0) is 25.5. The van der Waals surface area contributed by atoms with Gasteiger partial charge in [-0.25, -0.2) is 9.97 Å². The lowest BCUT2D eigenvalue weighted by Gasteiger charge is -2.16. The first-order valence-corrected chi connectivity index (χ1v) is 12.6. The number of hydrogen-bond acceptors (Lipinski definition) is 8. The average Bonchev–Trinajstić information content (AvgIpc) is 3.56. The molecule has 0 unspecified atom stereocenters. The van der Waals surface area contributed by atoms with E-state index in [1.807, 2.05) is 37.3 Å². The highest BCUT2D eigenvalue weighted by atomic mass is 32.1. The first kappa shape index (κ1) is 25.2. The molecule has 0 bridgehead atoms. The number of imidazole rings is 1. The Morgan fingerprint density at radius 2 is 2.00 bits per heavy atom. The van der Waals surface area contributed by atoms with Crippen molar-refractivity contribution >= 4 is 34.1 Å². The Hall–Kier alpha value is -3.86. The fourth-order valence-electron chi connectivity index (χ4n) is 3.92. The number of fused-ring (bicyclic) bond motifs is 1. The number of amides is 2. The maximum atomic E-state index is 12.9. The van der Waals surface area contributed by atoms with Gasteiger partial charge in [0.05, 0.1) is 36.1 Å². The van der Waals surface area contributed by atoms with Crippen molar-refractivity contribution in [2.24, 2.45) is 0 Å². The molecule has 0 radical (unpaired) electrons. The Morgan fingerprint density at radius 3 is 2.75 bits per heavy atom. The topological polar surface area (TPSA) is 135 Å². The van der Waals surface area contributed by atoms with Crippen molar-refractivity contribution in [3.8, 4) is 17.1 Å². The molecule has 36 heavy (non-hydrogen) atoms. The fourth-order valence-corrected chi connectivity index (χ4v) is 4.51. The van der Waals surface area contributed by atoms with Crippen molar-refractivity contribution < 1.29 is 14.3 Å². The lowest BCUT2D eigenvalue weighted by atomic mass is 10.1. The van der Waals surface area contributed by atoms with E-state index in [0.29, 0.717) is 29.6 Å². The molecule has 0 aliphatic heterocycles. The van der Waals surface area contributed by atoms with Crippen molar-refractivity contribution in [1.82, 2.24) is 35.8 Å². The quantitative estimate of drug-likeness (QED) is 0.262. The van der Waals surface area contributed by atoms with Crippen LogP contribution in [0, 0.1) is 6.92 Å². The highest BCUT2D eigenvalue weighted by Crippen LogP contribution is 2.31. The first-order chi connectivity index (χ1) is 17.5. The number of pyridine rings is 1. The van der Waals surface area contributed by atoms with Crippen molar-refractivity contribution in [2.75, 3.05) is 14.2 Å². The van der Waals surface area contributed by atoms with Crippen LogP contribution in [0.3, 0.4) is 0 Å². The molecule has 3 heterocycles. The molecule has 1 atom stereocenters. The van der Waals surface area contributed by atoms with Crippen LogP contribution in [0.2, 0.25) is 0 Å². The third-order valence-corrected chi connectivity index (χ3v) is 6.64. The van der Waals surface area contributed by atoms with Gasteiger partial charge in [0.2, 0.25) is 16.8 Å². The number of methoxy groups -OCH3 is 1. The summed E-state index contributed by atoms with van der Waals surface area (Å²) in [5.74, 6) is 0.850. The summed E-state index contributed by atoms with van der Waals surface area (Å²) in [6.45, 7) is 1.81. The number of nitrogens with one attached hydrogen (secondary N) is 3. The number of carbonyl (C=O) groups excluding carboxylic acids is 2. The van der Waals surface area contributed by atoms with Crippen molar-refractivity contribution in [2.45, 2.75) is 45.1 Å². The summed E-state index contributed by atoms with van der Waals surface area (Å²) >= 11 is 1.24. The molecule has 4 aromatic rings. The number of benzene rings is 1. The van der Waals surface area contributed by atoms with E-state index in [4.69, 9.17) is 4.74 Å². The normalized spacial score (nSPS) is 11.9. The van der Waals surface area contributed by atoms with E-state index < -0.39 is 0 Å². The Morgan fingerprint density at radius 1 is 1.17 bits per heavy atom. The van der Waals surface area contributed by atoms with Crippen LogP contribution < -0.4 is 15.4 Å². The predicted octanol–water partition coefficient (Wildman–Crippen LogP) is 3.96. The van der Waals surface area contributed by atoms with Crippen molar-refractivity contribution in [1.29, 1.82) is 0 Å². The zero-order valence-electron chi connectivity index (χ0n) is 20.5. The Labute approximate surface area is 212 Å². The van der Waals surface area contributed by atoms with Crippen LogP contribution in [0.4, 0.5) is 0 Å². The SMILES string of the molecule is CNC(=O)CCCCC[C@H](NC(=O)c1nnc(C)s1)c1ncc(-c2cc3ccccc3nc2OC)[nH]1. The van der Waals surface area contributed by atoms with Gasteiger partial charge in [0.1, 0.15) is 10.8 Å². The second-order valence-electron chi connectivity index (χ2n) is 8.34. The summed E-state index contributed by atoms with van der Waals surface area (Å²) in [7, 11) is 3.22. The second-order valence-corrected chi connectivity index (χ2v) is 9.53. The summed E-state index contributed by atoms with van der Waals surface area (Å²) in [6.07, 6.45) is 5.30. The van der Waals surface area contributed by atoms with Gasteiger partial charge in [-0.05, 0) is 31.9 Å². The van der Waals surface area contributed by atoms with Crippen LogP contribution in [0.5, 0.6) is 5.88 Å². The van der Waals surface area contributed by atoms with Crippen molar-refractivity contribution in [3.05, 3.63) is 52.4 Å². The molecule has 2 amide bonds. The molecule has 0 saturated carbocycles. The number of ether oxygens (including phenoxy) is 1. The van der Waals surface area contributed by atoms with Crippen molar-refractivity contribution in [3.63, 3.8) is 0 Å². The molecule has 0 fully saturated rings. The summed E-state index contributed by atoms with van der Waals surface area (Å²) in [5, 5.41) is 15.6. The van der Waals surface area contributed by atoms with Crippen LogP contribution in [-0.2, 0) is 4.79 Å². The zero-order valence-corrected chi connectivity index (χ0v) is 21.3. The summed E-state index contributed by atoms with van der Waals surface area (Å²) in [5.41, 5.74) is 2.36. The van der Waals surface area contributed by atoms with Gasteiger partial charge in [-0.2, -0.15) is 0 Å². The highest BCUT2D eigenvalue weighted by molar-refractivity contribution is 7.13. The third kappa shape index (κ3) is 6.03. The molecular weight excluding hydrogens is 478 g/mol. The first-order valence-electron chi connectivity index (χ1n) is 11.8. The van der Waals surface area contributed by atoms with Gasteiger partial charge >= 0.3 is 0 Å².